The van der Waals surface area contributed by atoms with Crippen LogP contribution in [0.2, 0.25) is 0 Å². The van der Waals surface area contributed by atoms with Crippen molar-refractivity contribution < 1.29 is 13.9 Å². The van der Waals surface area contributed by atoms with E-state index in [-0.39, 0.29) is 17.9 Å². The molecule has 144 valence electrons. The van der Waals surface area contributed by atoms with E-state index in [1.807, 2.05) is 0 Å². The van der Waals surface area contributed by atoms with Crippen LogP contribution in [-0.2, 0) is 30.7 Å². The molecule has 0 bridgehead atoms. The molecule has 1 amide bonds. The topological polar surface area (TPSA) is 58.8 Å². The predicted octanol–water partition coefficient (Wildman–Crippen LogP) is 2.66. The van der Waals surface area contributed by atoms with Gasteiger partial charge in [-0.1, -0.05) is 31.2 Å². The second kappa shape index (κ2) is 7.82. The standard InChI is InChI=1S/C21H27N3O3/c1-3-15-4-6-16(7-5-15)12-23-10-9-19-18(14-23)22-20(27-19)21(25)24-11-8-17(13-24)26-2/h4-7,17H,3,8-14H2,1-2H3/t17-/m0/s1. The largest absolute Gasteiger partial charge is 0.437 e. The molecular weight excluding hydrogens is 342 g/mol. The zero-order valence-electron chi connectivity index (χ0n) is 16.1. The third-order valence-electron chi connectivity index (χ3n) is 5.59. The van der Waals surface area contributed by atoms with E-state index >= 15 is 0 Å². The quantitative estimate of drug-likeness (QED) is 0.811. The Morgan fingerprint density at radius 1 is 1.26 bits per heavy atom. The van der Waals surface area contributed by atoms with Gasteiger partial charge in [0, 0.05) is 46.3 Å². The summed E-state index contributed by atoms with van der Waals surface area (Å²) in [6.07, 6.45) is 2.84. The maximum atomic E-state index is 12.7. The number of aromatic nitrogens is 1. The van der Waals surface area contributed by atoms with E-state index < -0.39 is 0 Å². The number of methoxy groups -OCH3 is 1. The van der Waals surface area contributed by atoms with Gasteiger partial charge in [0.25, 0.3) is 5.89 Å². The van der Waals surface area contributed by atoms with Crippen molar-refractivity contribution in [2.45, 2.75) is 45.4 Å². The highest BCUT2D eigenvalue weighted by Crippen LogP contribution is 2.23. The van der Waals surface area contributed by atoms with Crippen LogP contribution < -0.4 is 0 Å². The Balaban J connectivity index is 1.40. The molecule has 0 radical (unpaired) electrons. The van der Waals surface area contributed by atoms with Crippen molar-refractivity contribution in [3.63, 3.8) is 0 Å². The lowest BCUT2D eigenvalue weighted by atomic mass is 10.1. The van der Waals surface area contributed by atoms with Crippen molar-refractivity contribution in [2.75, 3.05) is 26.7 Å². The number of rotatable bonds is 5. The highest BCUT2D eigenvalue weighted by Gasteiger charge is 2.31. The molecule has 1 saturated heterocycles. The van der Waals surface area contributed by atoms with Crippen LogP contribution in [0.3, 0.4) is 0 Å². The third kappa shape index (κ3) is 3.92. The van der Waals surface area contributed by atoms with Crippen molar-refractivity contribution in [3.8, 4) is 0 Å². The lowest BCUT2D eigenvalue weighted by Gasteiger charge is -2.25. The number of ether oxygens (including phenoxy) is 1. The highest BCUT2D eigenvalue weighted by molar-refractivity contribution is 5.90. The maximum absolute atomic E-state index is 12.7. The number of aryl methyl sites for hydroxylation is 1. The van der Waals surface area contributed by atoms with E-state index in [9.17, 15) is 4.79 Å². The fourth-order valence-corrected chi connectivity index (χ4v) is 3.86. The molecule has 4 rings (SSSR count). The van der Waals surface area contributed by atoms with Crippen LogP contribution >= 0.6 is 0 Å². The second-order valence-electron chi connectivity index (χ2n) is 7.42. The Bertz CT molecular complexity index is 800. The number of carbonyl (C=O) groups is 1. The molecule has 3 heterocycles. The number of amides is 1. The van der Waals surface area contributed by atoms with Gasteiger partial charge in [-0.25, -0.2) is 4.98 Å². The van der Waals surface area contributed by atoms with Crippen molar-refractivity contribution in [2.24, 2.45) is 0 Å². The van der Waals surface area contributed by atoms with Gasteiger partial charge >= 0.3 is 5.91 Å². The first-order chi connectivity index (χ1) is 13.2. The van der Waals surface area contributed by atoms with Crippen LogP contribution in [-0.4, -0.2) is 53.5 Å². The van der Waals surface area contributed by atoms with Crippen molar-refractivity contribution in [3.05, 3.63) is 52.7 Å². The number of fused-ring (bicyclic) bond motifs is 1. The first-order valence-corrected chi connectivity index (χ1v) is 9.77. The SMILES string of the molecule is CCc1ccc(CN2CCc3oc(C(=O)N4CC[C@H](OC)C4)nc3C2)cc1. The molecule has 27 heavy (non-hydrogen) atoms. The van der Waals surface area contributed by atoms with Crippen molar-refractivity contribution in [1.29, 1.82) is 0 Å². The lowest BCUT2D eigenvalue weighted by Crippen LogP contribution is -2.30. The highest BCUT2D eigenvalue weighted by atomic mass is 16.5. The molecule has 0 saturated carbocycles. The molecule has 1 atom stereocenters. The van der Waals surface area contributed by atoms with Gasteiger partial charge in [-0.3, -0.25) is 9.69 Å². The minimum absolute atomic E-state index is 0.119. The minimum Gasteiger partial charge on any atom is -0.437 e. The number of nitrogens with zero attached hydrogens (tertiary/aromatic N) is 3. The van der Waals surface area contributed by atoms with Crippen LogP contribution in [0.4, 0.5) is 0 Å². The second-order valence-corrected chi connectivity index (χ2v) is 7.42. The van der Waals surface area contributed by atoms with Crippen LogP contribution in [0.15, 0.2) is 28.7 Å². The molecule has 0 aliphatic carbocycles. The Hall–Kier alpha value is -2.18. The number of carbonyl (C=O) groups excluding carboxylic acids is 1. The average Bonchev–Trinajstić information content (AvgIpc) is 3.34. The number of hydrogen-bond acceptors (Lipinski definition) is 5. The Labute approximate surface area is 160 Å². The van der Waals surface area contributed by atoms with Crippen molar-refractivity contribution in [1.82, 2.24) is 14.8 Å². The Morgan fingerprint density at radius 2 is 2.04 bits per heavy atom. The summed E-state index contributed by atoms with van der Waals surface area (Å²) in [5.41, 5.74) is 3.56. The first-order valence-electron chi connectivity index (χ1n) is 9.77. The van der Waals surface area contributed by atoms with Crippen molar-refractivity contribution >= 4 is 5.91 Å². The summed E-state index contributed by atoms with van der Waals surface area (Å²) < 4.78 is 11.2. The zero-order chi connectivity index (χ0) is 18.8. The minimum atomic E-state index is -0.120. The van der Waals surface area contributed by atoms with Crippen LogP contribution in [0.1, 0.15) is 46.6 Å². The number of benzene rings is 1. The molecule has 2 aliphatic heterocycles. The van der Waals surface area contributed by atoms with Gasteiger partial charge in [-0.2, -0.15) is 0 Å². The molecular formula is C21H27N3O3. The molecule has 0 spiro atoms. The fraction of sp³-hybridized carbons (Fsp3) is 0.524. The van der Waals surface area contributed by atoms with Crippen LogP contribution in [0.25, 0.3) is 0 Å². The monoisotopic (exact) mass is 369 g/mol. The van der Waals surface area contributed by atoms with E-state index in [2.05, 4.69) is 41.1 Å². The molecule has 1 aromatic heterocycles. The number of oxazole rings is 1. The van der Waals surface area contributed by atoms with E-state index in [1.165, 1.54) is 11.1 Å². The van der Waals surface area contributed by atoms with E-state index in [1.54, 1.807) is 12.0 Å². The number of likely N-dealkylation sites (tertiary alicyclic amines) is 1. The summed E-state index contributed by atoms with van der Waals surface area (Å²) in [7, 11) is 1.69. The van der Waals surface area contributed by atoms with Gasteiger partial charge < -0.3 is 14.1 Å². The molecule has 0 unspecified atom stereocenters. The first kappa shape index (κ1) is 18.2. The predicted molar refractivity (Wildman–Crippen MR) is 101 cm³/mol. The van der Waals surface area contributed by atoms with Gasteiger partial charge in [-0.15, -0.1) is 0 Å². The molecule has 2 aromatic rings. The molecule has 2 aliphatic rings. The maximum Gasteiger partial charge on any atom is 0.309 e. The number of hydrogen-bond donors (Lipinski definition) is 0. The molecule has 1 aromatic carbocycles. The lowest BCUT2D eigenvalue weighted by molar-refractivity contribution is 0.0687. The molecule has 0 N–H and O–H groups in total. The Kier molecular flexibility index (Phi) is 5.27. The van der Waals surface area contributed by atoms with Gasteiger partial charge in [0.1, 0.15) is 5.76 Å². The Morgan fingerprint density at radius 3 is 2.74 bits per heavy atom. The van der Waals surface area contributed by atoms with Gasteiger partial charge in [0.15, 0.2) is 0 Å². The van der Waals surface area contributed by atoms with Gasteiger partial charge in [0.2, 0.25) is 0 Å². The summed E-state index contributed by atoms with van der Waals surface area (Å²) in [6.45, 7) is 6.01. The zero-order valence-corrected chi connectivity index (χ0v) is 16.1. The summed E-state index contributed by atoms with van der Waals surface area (Å²) in [4.78, 5) is 21.3. The smallest absolute Gasteiger partial charge is 0.309 e. The summed E-state index contributed by atoms with van der Waals surface area (Å²) in [6, 6.07) is 8.79. The van der Waals surface area contributed by atoms with E-state index in [0.717, 1.165) is 50.4 Å². The van der Waals surface area contributed by atoms with E-state index in [0.29, 0.717) is 13.1 Å². The molecule has 6 heteroatoms. The van der Waals surface area contributed by atoms with Crippen LogP contribution in [0, 0.1) is 0 Å². The van der Waals surface area contributed by atoms with Crippen LogP contribution in [0.5, 0.6) is 0 Å². The molecule has 6 nitrogen and oxygen atoms in total. The third-order valence-corrected chi connectivity index (χ3v) is 5.59. The summed E-state index contributed by atoms with van der Waals surface area (Å²) in [5.74, 6) is 0.968. The molecule has 1 fully saturated rings. The summed E-state index contributed by atoms with van der Waals surface area (Å²) in [5, 5.41) is 0. The summed E-state index contributed by atoms with van der Waals surface area (Å²) >= 11 is 0. The van der Waals surface area contributed by atoms with Gasteiger partial charge in [-0.05, 0) is 24.0 Å². The normalized spacial score (nSPS) is 20.1. The van der Waals surface area contributed by atoms with Gasteiger partial charge in [0.05, 0.1) is 11.8 Å². The fourth-order valence-electron chi connectivity index (χ4n) is 3.86. The average molecular weight is 369 g/mol. The van der Waals surface area contributed by atoms with E-state index in [4.69, 9.17) is 9.15 Å².